The summed E-state index contributed by atoms with van der Waals surface area (Å²) in [4.78, 5) is 0. The largest absolute Gasteiger partial charge is 0.494 e. The van der Waals surface area contributed by atoms with Gasteiger partial charge in [0.15, 0.2) is 0 Å². The standard InChI is InChI=1S/C21H35NO6S/c1-5-6-13-27-17-8-9-20-18(15-17)19(16-21(2,3)28-20)22(29(4,24)25)10-7-12-26-14-11-23/h8-9,15,19,23H,5-7,10-14,16H2,1-4H3. The molecule has 1 atom stereocenters. The van der Waals surface area contributed by atoms with Crippen LogP contribution < -0.4 is 9.47 Å². The molecule has 0 fully saturated rings. The average molecular weight is 430 g/mol. The zero-order valence-electron chi connectivity index (χ0n) is 18.0. The van der Waals surface area contributed by atoms with Gasteiger partial charge in [0.05, 0.1) is 32.1 Å². The molecule has 1 heterocycles. The van der Waals surface area contributed by atoms with E-state index in [9.17, 15) is 8.42 Å². The number of sulfonamides is 1. The van der Waals surface area contributed by atoms with Crippen LogP contribution in [0.5, 0.6) is 11.5 Å². The second-order valence-corrected chi connectivity index (χ2v) is 9.98. The molecule has 1 aromatic rings. The Labute approximate surface area is 175 Å². The second-order valence-electron chi connectivity index (χ2n) is 8.05. The smallest absolute Gasteiger partial charge is 0.211 e. The van der Waals surface area contributed by atoms with E-state index in [-0.39, 0.29) is 19.3 Å². The van der Waals surface area contributed by atoms with E-state index in [0.717, 1.165) is 24.2 Å². The van der Waals surface area contributed by atoms with Crippen molar-refractivity contribution < 1.29 is 27.7 Å². The zero-order chi connectivity index (χ0) is 21.5. The highest BCUT2D eigenvalue weighted by Gasteiger charge is 2.40. The van der Waals surface area contributed by atoms with Crippen LogP contribution in [0, 0.1) is 0 Å². The number of rotatable bonds is 12. The van der Waals surface area contributed by atoms with E-state index in [2.05, 4.69) is 6.92 Å². The monoisotopic (exact) mass is 429 g/mol. The van der Waals surface area contributed by atoms with Crippen LogP contribution in [-0.2, 0) is 14.8 Å². The lowest BCUT2D eigenvalue weighted by Crippen LogP contribution is -2.44. The maximum atomic E-state index is 12.6. The van der Waals surface area contributed by atoms with Gasteiger partial charge in [0.2, 0.25) is 10.0 Å². The number of aliphatic hydroxyl groups is 1. The molecule has 0 amide bonds. The number of fused-ring (bicyclic) bond motifs is 1. The summed E-state index contributed by atoms with van der Waals surface area (Å²) in [5.74, 6) is 1.42. The fourth-order valence-electron chi connectivity index (χ4n) is 3.52. The summed E-state index contributed by atoms with van der Waals surface area (Å²) in [5.41, 5.74) is 0.346. The minimum absolute atomic E-state index is 0.0435. The molecular weight excluding hydrogens is 394 g/mol. The summed E-state index contributed by atoms with van der Waals surface area (Å²) >= 11 is 0. The summed E-state index contributed by atoms with van der Waals surface area (Å²) in [6.45, 7) is 7.62. The molecular formula is C21H35NO6S. The molecule has 0 saturated heterocycles. The van der Waals surface area contributed by atoms with Gasteiger partial charge >= 0.3 is 0 Å². The molecule has 0 bridgehead atoms. The van der Waals surface area contributed by atoms with E-state index in [4.69, 9.17) is 19.3 Å². The maximum Gasteiger partial charge on any atom is 0.211 e. The molecule has 166 valence electrons. The number of ether oxygens (including phenoxy) is 3. The molecule has 0 radical (unpaired) electrons. The number of hydrogen-bond donors (Lipinski definition) is 1. The Morgan fingerprint density at radius 2 is 2.00 bits per heavy atom. The van der Waals surface area contributed by atoms with E-state index in [0.29, 0.717) is 38.3 Å². The fourth-order valence-corrected chi connectivity index (χ4v) is 4.63. The van der Waals surface area contributed by atoms with E-state index in [1.807, 2.05) is 32.0 Å². The first-order chi connectivity index (χ1) is 13.7. The molecule has 1 aromatic carbocycles. The first-order valence-corrected chi connectivity index (χ1v) is 12.1. The van der Waals surface area contributed by atoms with Gasteiger partial charge in [0.25, 0.3) is 0 Å². The Balaban J connectivity index is 2.28. The van der Waals surface area contributed by atoms with Crippen LogP contribution in [0.2, 0.25) is 0 Å². The molecule has 0 saturated carbocycles. The lowest BCUT2D eigenvalue weighted by atomic mass is 9.89. The molecule has 0 spiro atoms. The van der Waals surface area contributed by atoms with Crippen molar-refractivity contribution in [3.05, 3.63) is 23.8 Å². The van der Waals surface area contributed by atoms with E-state index < -0.39 is 15.6 Å². The highest BCUT2D eigenvalue weighted by atomic mass is 32.2. The van der Waals surface area contributed by atoms with Crippen molar-refractivity contribution in [3.63, 3.8) is 0 Å². The van der Waals surface area contributed by atoms with Gasteiger partial charge in [-0.1, -0.05) is 13.3 Å². The summed E-state index contributed by atoms with van der Waals surface area (Å²) in [6, 6.07) is 5.32. The van der Waals surface area contributed by atoms with Crippen molar-refractivity contribution in [2.75, 3.05) is 39.2 Å². The molecule has 1 aliphatic rings. The van der Waals surface area contributed by atoms with Crippen molar-refractivity contribution in [3.8, 4) is 11.5 Å². The molecule has 7 nitrogen and oxygen atoms in total. The van der Waals surface area contributed by atoms with Crippen molar-refractivity contribution >= 4 is 10.0 Å². The number of benzene rings is 1. The van der Waals surface area contributed by atoms with Gasteiger partial charge in [0.1, 0.15) is 17.1 Å². The number of unbranched alkanes of at least 4 members (excludes halogenated alkanes) is 1. The van der Waals surface area contributed by atoms with Crippen LogP contribution in [0.25, 0.3) is 0 Å². The van der Waals surface area contributed by atoms with Crippen molar-refractivity contribution in [1.82, 2.24) is 4.31 Å². The summed E-state index contributed by atoms with van der Waals surface area (Å²) in [5, 5.41) is 8.82. The maximum absolute atomic E-state index is 12.6. The number of aliphatic hydroxyl groups excluding tert-OH is 1. The third-order valence-electron chi connectivity index (χ3n) is 4.85. The van der Waals surface area contributed by atoms with Crippen molar-refractivity contribution in [2.45, 2.75) is 58.1 Å². The van der Waals surface area contributed by atoms with Crippen LogP contribution in [0.15, 0.2) is 18.2 Å². The minimum atomic E-state index is -3.45. The van der Waals surface area contributed by atoms with Gasteiger partial charge in [0, 0.05) is 25.1 Å². The zero-order valence-corrected chi connectivity index (χ0v) is 18.8. The van der Waals surface area contributed by atoms with Crippen molar-refractivity contribution in [2.24, 2.45) is 0 Å². The number of nitrogens with zero attached hydrogens (tertiary/aromatic N) is 1. The van der Waals surface area contributed by atoms with Gasteiger partial charge < -0.3 is 19.3 Å². The molecule has 1 unspecified atom stereocenters. The van der Waals surface area contributed by atoms with E-state index >= 15 is 0 Å². The highest BCUT2D eigenvalue weighted by Crippen LogP contribution is 2.44. The molecule has 2 rings (SSSR count). The second kappa shape index (κ2) is 10.6. The fraction of sp³-hybridized carbons (Fsp3) is 0.714. The SMILES string of the molecule is CCCCOc1ccc2c(c1)C(N(CCCOCCO)S(C)(=O)=O)CC(C)(C)O2. The summed E-state index contributed by atoms with van der Waals surface area (Å²) in [7, 11) is -3.45. The Bertz CT molecular complexity index is 750. The predicted molar refractivity (Wildman–Crippen MR) is 113 cm³/mol. The summed E-state index contributed by atoms with van der Waals surface area (Å²) in [6.07, 6.45) is 4.35. The minimum Gasteiger partial charge on any atom is -0.494 e. The van der Waals surface area contributed by atoms with Crippen LogP contribution >= 0.6 is 0 Å². The molecule has 0 aliphatic carbocycles. The van der Waals surface area contributed by atoms with Crippen LogP contribution in [0.3, 0.4) is 0 Å². The Kier molecular flexibility index (Phi) is 8.75. The quantitative estimate of drug-likeness (QED) is 0.514. The molecule has 1 N–H and O–H groups in total. The average Bonchev–Trinajstić information content (AvgIpc) is 2.63. The van der Waals surface area contributed by atoms with Crippen LogP contribution in [0.4, 0.5) is 0 Å². The normalized spacial score (nSPS) is 18.3. The van der Waals surface area contributed by atoms with Crippen LogP contribution in [0.1, 0.15) is 58.1 Å². The third kappa shape index (κ3) is 7.13. The predicted octanol–water partition coefficient (Wildman–Crippen LogP) is 3.13. The number of hydrogen-bond acceptors (Lipinski definition) is 6. The third-order valence-corrected chi connectivity index (χ3v) is 6.14. The highest BCUT2D eigenvalue weighted by molar-refractivity contribution is 7.88. The molecule has 0 aromatic heterocycles. The van der Waals surface area contributed by atoms with Gasteiger partial charge in [-0.3, -0.25) is 0 Å². The van der Waals surface area contributed by atoms with Crippen LogP contribution in [-0.4, -0.2) is 62.7 Å². The molecule has 29 heavy (non-hydrogen) atoms. The topological polar surface area (TPSA) is 85.3 Å². The van der Waals surface area contributed by atoms with E-state index in [1.165, 1.54) is 10.6 Å². The Hall–Kier alpha value is -1.35. The summed E-state index contributed by atoms with van der Waals surface area (Å²) < 4.78 is 44.1. The first-order valence-electron chi connectivity index (χ1n) is 10.3. The van der Waals surface area contributed by atoms with Gasteiger partial charge in [-0.2, -0.15) is 4.31 Å². The first kappa shape index (κ1) is 23.9. The van der Waals surface area contributed by atoms with Gasteiger partial charge in [-0.25, -0.2) is 8.42 Å². The molecule has 1 aliphatic heterocycles. The van der Waals surface area contributed by atoms with E-state index in [1.54, 1.807) is 0 Å². The molecule has 8 heteroatoms. The Morgan fingerprint density at radius 1 is 1.24 bits per heavy atom. The Morgan fingerprint density at radius 3 is 2.66 bits per heavy atom. The van der Waals surface area contributed by atoms with Gasteiger partial charge in [-0.15, -0.1) is 0 Å². The van der Waals surface area contributed by atoms with Gasteiger partial charge in [-0.05, 0) is 44.9 Å². The lowest BCUT2D eigenvalue weighted by Gasteiger charge is -2.41. The lowest BCUT2D eigenvalue weighted by molar-refractivity contribution is 0.0464. The van der Waals surface area contributed by atoms with Crippen molar-refractivity contribution in [1.29, 1.82) is 0 Å².